The molecule has 2 aliphatic heterocycles. The van der Waals surface area contributed by atoms with Crippen LogP contribution in [0.5, 0.6) is 0 Å². The van der Waals surface area contributed by atoms with Gasteiger partial charge in [0.15, 0.2) is 0 Å². The Kier molecular flexibility index (Phi) is 3.13. The van der Waals surface area contributed by atoms with Crippen LogP contribution >= 0.6 is 0 Å². The third kappa shape index (κ3) is 1.80. The Hall–Kier alpha value is -2.48. The number of nitrogens with zero attached hydrogens (tertiary/aromatic N) is 2. The van der Waals surface area contributed by atoms with Crippen LogP contribution in [0.25, 0.3) is 0 Å². The molecular formula is C14H15N3O5. The van der Waals surface area contributed by atoms with Crippen LogP contribution in [-0.2, 0) is 19.9 Å². The number of benzene rings is 1. The fraction of sp³-hybridized carbons (Fsp3) is 0.429. The van der Waals surface area contributed by atoms with E-state index >= 15 is 0 Å². The highest BCUT2D eigenvalue weighted by molar-refractivity contribution is 6.06. The van der Waals surface area contributed by atoms with E-state index in [9.17, 15) is 19.7 Å². The van der Waals surface area contributed by atoms with Crippen LogP contribution in [0.15, 0.2) is 18.2 Å². The van der Waals surface area contributed by atoms with Crippen LogP contribution in [-0.4, -0.2) is 42.4 Å². The Morgan fingerprint density at radius 3 is 2.91 bits per heavy atom. The third-order valence-corrected chi connectivity index (χ3v) is 4.51. The van der Waals surface area contributed by atoms with E-state index in [-0.39, 0.29) is 24.0 Å². The van der Waals surface area contributed by atoms with Gasteiger partial charge in [-0.25, -0.2) is 0 Å². The number of amides is 1. The van der Waals surface area contributed by atoms with Crippen LogP contribution in [0.1, 0.15) is 12.0 Å². The summed E-state index contributed by atoms with van der Waals surface area (Å²) in [5, 5.41) is 13.7. The molecule has 1 N–H and O–H groups in total. The first-order chi connectivity index (χ1) is 10.4. The van der Waals surface area contributed by atoms with Crippen molar-refractivity contribution in [3.05, 3.63) is 33.9 Å². The van der Waals surface area contributed by atoms with Crippen molar-refractivity contribution in [2.24, 2.45) is 5.92 Å². The van der Waals surface area contributed by atoms with E-state index in [4.69, 9.17) is 4.74 Å². The summed E-state index contributed by atoms with van der Waals surface area (Å²) in [6.45, 7) is 0.363. The van der Waals surface area contributed by atoms with Gasteiger partial charge in [-0.15, -0.1) is 0 Å². The summed E-state index contributed by atoms with van der Waals surface area (Å²) < 4.78 is 4.76. The lowest BCUT2D eigenvalue weighted by Gasteiger charge is -2.29. The molecule has 1 spiro atoms. The van der Waals surface area contributed by atoms with E-state index in [0.717, 1.165) is 0 Å². The predicted molar refractivity (Wildman–Crippen MR) is 76.2 cm³/mol. The number of nitrogens with one attached hydrogen (secondary N) is 1. The molecule has 0 aromatic heterocycles. The zero-order valence-corrected chi connectivity index (χ0v) is 12.2. The Labute approximate surface area is 126 Å². The summed E-state index contributed by atoms with van der Waals surface area (Å²) in [5.74, 6) is -1.08. The fourth-order valence-corrected chi connectivity index (χ4v) is 3.41. The number of anilines is 1. The summed E-state index contributed by atoms with van der Waals surface area (Å²) in [6.07, 6.45) is 0.246. The Balaban J connectivity index is 2.09. The first-order valence-electron chi connectivity index (χ1n) is 6.79. The average molecular weight is 305 g/mol. The molecule has 2 heterocycles. The molecule has 2 aliphatic rings. The summed E-state index contributed by atoms with van der Waals surface area (Å²) in [6, 6.07) is 4.29. The number of non-ortho nitro benzene ring substituents is 1. The number of rotatable bonds is 2. The second-order valence-electron chi connectivity index (χ2n) is 5.61. The molecule has 1 fully saturated rings. The number of fused-ring (bicyclic) bond motifs is 2. The molecule has 0 radical (unpaired) electrons. The minimum Gasteiger partial charge on any atom is -0.469 e. The zero-order valence-electron chi connectivity index (χ0n) is 12.2. The van der Waals surface area contributed by atoms with Crippen molar-refractivity contribution in [2.45, 2.75) is 12.0 Å². The summed E-state index contributed by atoms with van der Waals surface area (Å²) in [7, 11) is 3.04. The number of methoxy groups -OCH3 is 1. The minimum atomic E-state index is -1.06. The van der Waals surface area contributed by atoms with Gasteiger partial charge >= 0.3 is 5.97 Å². The number of likely N-dealkylation sites (tertiary alicyclic amines) is 1. The number of likely N-dealkylation sites (N-methyl/N-ethyl adjacent to an activating group) is 1. The number of nitro groups is 1. The van der Waals surface area contributed by atoms with Gasteiger partial charge in [-0.05, 0) is 19.5 Å². The monoisotopic (exact) mass is 305 g/mol. The molecule has 0 saturated carbocycles. The van der Waals surface area contributed by atoms with Gasteiger partial charge in [0, 0.05) is 29.9 Å². The maximum atomic E-state index is 12.5. The van der Waals surface area contributed by atoms with E-state index in [0.29, 0.717) is 17.8 Å². The predicted octanol–water partition coefficient (Wildman–Crippen LogP) is 0.867. The average Bonchev–Trinajstić information content (AvgIpc) is 2.98. The number of hydrogen-bond donors (Lipinski definition) is 1. The van der Waals surface area contributed by atoms with Crippen molar-refractivity contribution in [1.82, 2.24) is 4.90 Å². The van der Waals surface area contributed by atoms with Gasteiger partial charge in [0.2, 0.25) is 5.91 Å². The van der Waals surface area contributed by atoms with E-state index in [2.05, 4.69) is 5.32 Å². The summed E-state index contributed by atoms with van der Waals surface area (Å²) in [5.41, 5.74) is -0.0432. The molecule has 0 aliphatic carbocycles. The van der Waals surface area contributed by atoms with Gasteiger partial charge in [-0.1, -0.05) is 0 Å². The van der Waals surface area contributed by atoms with Gasteiger partial charge in [0.25, 0.3) is 5.69 Å². The lowest BCUT2D eigenvalue weighted by molar-refractivity contribution is -0.384. The lowest BCUT2D eigenvalue weighted by atomic mass is 9.86. The van der Waals surface area contributed by atoms with E-state index in [1.807, 2.05) is 0 Å². The van der Waals surface area contributed by atoms with E-state index < -0.39 is 16.4 Å². The van der Waals surface area contributed by atoms with Gasteiger partial charge in [-0.2, -0.15) is 0 Å². The number of carbonyl (C=O) groups excluding carboxylic acids is 2. The molecule has 8 nitrogen and oxygen atoms in total. The molecule has 1 amide bonds. The van der Waals surface area contributed by atoms with Gasteiger partial charge in [0.05, 0.1) is 18.0 Å². The SMILES string of the molecule is COC(=O)C1CN(C)C2(C1)C(=O)Nc1ccc([N+](=O)[O-])cc12. The number of hydrogen-bond acceptors (Lipinski definition) is 6. The van der Waals surface area contributed by atoms with Gasteiger partial charge < -0.3 is 10.1 Å². The van der Waals surface area contributed by atoms with Crippen LogP contribution < -0.4 is 5.32 Å². The third-order valence-electron chi connectivity index (χ3n) is 4.51. The Morgan fingerprint density at radius 1 is 1.55 bits per heavy atom. The standard InChI is InChI=1S/C14H15N3O5/c1-16-7-8(12(18)22-2)6-14(16)10-5-9(17(20)21)3-4-11(10)15-13(14)19/h3-5,8H,6-7H2,1-2H3,(H,15,19). The largest absolute Gasteiger partial charge is 0.469 e. The molecule has 2 unspecified atom stereocenters. The fourth-order valence-electron chi connectivity index (χ4n) is 3.41. The quantitative estimate of drug-likeness (QED) is 0.494. The van der Waals surface area contributed by atoms with Crippen molar-refractivity contribution in [3.8, 4) is 0 Å². The molecule has 2 atom stereocenters. The van der Waals surface area contributed by atoms with Crippen molar-refractivity contribution < 1.29 is 19.2 Å². The summed E-state index contributed by atoms with van der Waals surface area (Å²) in [4.78, 5) is 36.6. The summed E-state index contributed by atoms with van der Waals surface area (Å²) >= 11 is 0. The zero-order chi connectivity index (χ0) is 16.1. The smallest absolute Gasteiger partial charge is 0.310 e. The van der Waals surface area contributed by atoms with Crippen LogP contribution in [0, 0.1) is 16.0 Å². The normalized spacial score (nSPS) is 26.8. The molecule has 8 heteroatoms. The molecule has 0 bridgehead atoms. The number of ether oxygens (including phenoxy) is 1. The Morgan fingerprint density at radius 2 is 2.27 bits per heavy atom. The maximum Gasteiger partial charge on any atom is 0.310 e. The molecule has 22 heavy (non-hydrogen) atoms. The molecule has 1 aromatic carbocycles. The maximum absolute atomic E-state index is 12.5. The molecule has 116 valence electrons. The minimum absolute atomic E-state index is 0.0791. The lowest BCUT2D eigenvalue weighted by Crippen LogP contribution is -2.44. The number of carbonyl (C=O) groups is 2. The molecule has 1 saturated heterocycles. The van der Waals surface area contributed by atoms with E-state index in [1.54, 1.807) is 11.9 Å². The van der Waals surface area contributed by atoms with Crippen LogP contribution in [0.3, 0.4) is 0 Å². The number of esters is 1. The highest BCUT2D eigenvalue weighted by Crippen LogP contribution is 2.49. The van der Waals surface area contributed by atoms with Crippen molar-refractivity contribution >= 4 is 23.3 Å². The molecular weight excluding hydrogens is 290 g/mol. The first-order valence-corrected chi connectivity index (χ1v) is 6.79. The topological polar surface area (TPSA) is 102 Å². The second-order valence-corrected chi connectivity index (χ2v) is 5.61. The highest BCUT2D eigenvalue weighted by Gasteiger charge is 2.57. The van der Waals surface area contributed by atoms with Gasteiger partial charge in [0.1, 0.15) is 5.54 Å². The van der Waals surface area contributed by atoms with Gasteiger partial charge in [-0.3, -0.25) is 24.6 Å². The van der Waals surface area contributed by atoms with Crippen molar-refractivity contribution in [2.75, 3.05) is 26.0 Å². The Bertz CT molecular complexity index is 689. The molecule has 1 aromatic rings. The van der Waals surface area contributed by atoms with Crippen LogP contribution in [0.2, 0.25) is 0 Å². The van der Waals surface area contributed by atoms with E-state index in [1.165, 1.54) is 25.3 Å². The van der Waals surface area contributed by atoms with Crippen LogP contribution in [0.4, 0.5) is 11.4 Å². The van der Waals surface area contributed by atoms with Crippen molar-refractivity contribution in [1.29, 1.82) is 0 Å². The van der Waals surface area contributed by atoms with Crippen molar-refractivity contribution in [3.63, 3.8) is 0 Å². The number of nitro benzene ring substituents is 1. The highest BCUT2D eigenvalue weighted by atomic mass is 16.6. The second kappa shape index (κ2) is 4.77. The molecule has 3 rings (SSSR count). The first kappa shape index (κ1) is 14.5.